The monoisotopic (exact) mass is 489 g/mol. The Labute approximate surface area is 197 Å². The molecule has 1 atom stereocenters. The van der Waals surface area contributed by atoms with Gasteiger partial charge >= 0.3 is 0 Å². The molecule has 1 saturated heterocycles. The molecule has 3 aromatic rings. The lowest BCUT2D eigenvalue weighted by molar-refractivity contribution is 0.0938. The third kappa shape index (κ3) is 5.32. The number of nitrogens with one attached hydrogen (secondary N) is 2. The van der Waals surface area contributed by atoms with E-state index in [2.05, 4.69) is 14.9 Å². The van der Waals surface area contributed by atoms with E-state index in [0.717, 1.165) is 42.8 Å². The number of benzene rings is 2. The summed E-state index contributed by atoms with van der Waals surface area (Å²) in [6.07, 6.45) is 2.27. The maximum absolute atomic E-state index is 12.8. The highest BCUT2D eigenvalue weighted by Gasteiger charge is 2.25. The number of rotatable bonds is 8. The molecule has 1 fully saturated rings. The molecule has 4 rings (SSSR count). The van der Waals surface area contributed by atoms with Gasteiger partial charge in [0.2, 0.25) is 0 Å². The van der Waals surface area contributed by atoms with E-state index in [1.54, 1.807) is 41.8 Å². The molecule has 1 aromatic heterocycles. The smallest absolute Gasteiger partial charge is 0.271 e. The van der Waals surface area contributed by atoms with Crippen LogP contribution in [0.1, 0.15) is 34.8 Å². The first-order valence-corrected chi connectivity index (χ1v) is 13.1. The second-order valence-corrected chi connectivity index (χ2v) is 10.9. The zero-order valence-electron chi connectivity index (χ0n) is 17.3. The number of hydrogen-bond donors (Lipinski definition) is 2. The summed E-state index contributed by atoms with van der Waals surface area (Å²) >= 11 is 7.59. The second kappa shape index (κ2) is 10.0. The van der Waals surface area contributed by atoms with E-state index in [1.807, 2.05) is 24.3 Å². The zero-order chi connectivity index (χ0) is 22.6. The molecule has 0 bridgehead atoms. The van der Waals surface area contributed by atoms with Gasteiger partial charge in [-0.15, -0.1) is 11.3 Å². The molecule has 168 valence electrons. The van der Waals surface area contributed by atoms with Crippen molar-refractivity contribution in [2.24, 2.45) is 0 Å². The van der Waals surface area contributed by atoms with E-state index in [1.165, 1.54) is 0 Å². The average molecular weight is 490 g/mol. The predicted octanol–water partition coefficient (Wildman–Crippen LogP) is 4.77. The first kappa shape index (κ1) is 22.8. The summed E-state index contributed by atoms with van der Waals surface area (Å²) in [5.74, 6) is -0.214. The number of sulfonamides is 1. The highest BCUT2D eigenvalue weighted by molar-refractivity contribution is 7.94. The average Bonchev–Trinajstić information content (AvgIpc) is 3.50. The molecule has 2 heterocycles. The number of carbonyl (C=O) groups excluding carboxylic acids is 1. The van der Waals surface area contributed by atoms with Gasteiger partial charge < -0.3 is 5.32 Å². The van der Waals surface area contributed by atoms with E-state index in [-0.39, 0.29) is 16.2 Å². The van der Waals surface area contributed by atoms with Crippen molar-refractivity contribution >= 4 is 44.6 Å². The van der Waals surface area contributed by atoms with Gasteiger partial charge in [-0.2, -0.15) is 0 Å². The third-order valence-corrected chi connectivity index (χ3v) is 8.58. The van der Waals surface area contributed by atoms with Crippen LogP contribution in [0.25, 0.3) is 0 Å². The minimum absolute atomic E-state index is 0.00651. The van der Waals surface area contributed by atoms with Gasteiger partial charge in [-0.25, -0.2) is 8.42 Å². The minimum Gasteiger partial charge on any atom is -0.350 e. The largest absolute Gasteiger partial charge is 0.350 e. The van der Waals surface area contributed by atoms with Crippen LogP contribution < -0.4 is 10.0 Å². The van der Waals surface area contributed by atoms with Crippen LogP contribution in [-0.4, -0.2) is 38.9 Å². The Balaban J connectivity index is 1.42. The first-order chi connectivity index (χ1) is 15.4. The number of carbonyl (C=O) groups is 1. The summed E-state index contributed by atoms with van der Waals surface area (Å²) in [5.41, 5.74) is 1.87. The fraction of sp³-hybridized carbons (Fsp3) is 0.261. The molecule has 1 unspecified atom stereocenters. The van der Waals surface area contributed by atoms with Gasteiger partial charge in [0.1, 0.15) is 4.21 Å². The van der Waals surface area contributed by atoms with Gasteiger partial charge in [0.15, 0.2) is 0 Å². The normalized spacial score (nSPS) is 15.4. The Morgan fingerprint density at radius 3 is 2.41 bits per heavy atom. The molecule has 2 N–H and O–H groups in total. The van der Waals surface area contributed by atoms with Crippen molar-refractivity contribution in [1.82, 2.24) is 10.2 Å². The summed E-state index contributed by atoms with van der Waals surface area (Å²) in [6, 6.07) is 17.4. The number of anilines is 1. The van der Waals surface area contributed by atoms with Crippen LogP contribution >= 0.6 is 22.9 Å². The molecule has 1 aliphatic heterocycles. The Morgan fingerprint density at radius 1 is 1.03 bits per heavy atom. The molecule has 6 nitrogen and oxygen atoms in total. The van der Waals surface area contributed by atoms with Crippen LogP contribution in [0.2, 0.25) is 5.02 Å². The lowest BCUT2D eigenvalue weighted by Gasteiger charge is -2.29. The Kier molecular flexibility index (Phi) is 7.15. The zero-order valence-corrected chi connectivity index (χ0v) is 19.7. The summed E-state index contributed by atoms with van der Waals surface area (Å²) < 4.78 is 27.5. The predicted molar refractivity (Wildman–Crippen MR) is 129 cm³/mol. The van der Waals surface area contributed by atoms with Crippen molar-refractivity contribution in [3.63, 3.8) is 0 Å². The van der Waals surface area contributed by atoms with Crippen LogP contribution in [0.3, 0.4) is 0 Å². The molecule has 1 amide bonds. The summed E-state index contributed by atoms with van der Waals surface area (Å²) in [5, 5.41) is 5.42. The number of thiophene rings is 1. The molecule has 0 radical (unpaired) electrons. The highest BCUT2D eigenvalue weighted by atomic mass is 35.5. The molecule has 32 heavy (non-hydrogen) atoms. The van der Waals surface area contributed by atoms with Gasteiger partial charge in [0, 0.05) is 22.8 Å². The van der Waals surface area contributed by atoms with Gasteiger partial charge in [0.05, 0.1) is 6.04 Å². The van der Waals surface area contributed by atoms with E-state index in [4.69, 9.17) is 11.6 Å². The number of amides is 1. The number of halogens is 1. The maximum Gasteiger partial charge on any atom is 0.271 e. The van der Waals surface area contributed by atoms with E-state index in [0.29, 0.717) is 22.8 Å². The summed E-state index contributed by atoms with van der Waals surface area (Å²) in [4.78, 5) is 15.1. The highest BCUT2D eigenvalue weighted by Crippen LogP contribution is 2.30. The Hall–Kier alpha value is -2.39. The quantitative estimate of drug-likeness (QED) is 0.477. The van der Waals surface area contributed by atoms with Gasteiger partial charge in [0.25, 0.3) is 15.9 Å². The second-order valence-electron chi connectivity index (χ2n) is 7.61. The molecule has 0 aliphatic carbocycles. The minimum atomic E-state index is -3.62. The third-order valence-electron chi connectivity index (χ3n) is 5.46. The van der Waals surface area contributed by atoms with Crippen molar-refractivity contribution in [3.8, 4) is 0 Å². The van der Waals surface area contributed by atoms with E-state index < -0.39 is 10.0 Å². The van der Waals surface area contributed by atoms with Crippen LogP contribution in [0.4, 0.5) is 5.69 Å². The van der Waals surface area contributed by atoms with Crippen molar-refractivity contribution in [3.05, 3.63) is 82.2 Å². The van der Waals surface area contributed by atoms with Crippen LogP contribution in [-0.2, 0) is 10.0 Å². The molecule has 0 saturated carbocycles. The van der Waals surface area contributed by atoms with Gasteiger partial charge in [-0.05, 0) is 73.3 Å². The van der Waals surface area contributed by atoms with Crippen molar-refractivity contribution in [2.75, 3.05) is 24.4 Å². The molecule has 0 spiro atoms. The summed E-state index contributed by atoms with van der Waals surface area (Å²) in [6.45, 7) is 2.39. The van der Waals surface area contributed by atoms with Gasteiger partial charge in [-0.1, -0.05) is 35.9 Å². The fourth-order valence-corrected chi connectivity index (χ4v) is 6.15. The SMILES string of the molecule is O=C(NCC(c1ccccc1Cl)N1CCCC1)c1ccc(NS(=O)(=O)c2cccs2)cc1. The molecule has 9 heteroatoms. The topological polar surface area (TPSA) is 78.5 Å². The van der Waals surface area contributed by atoms with E-state index >= 15 is 0 Å². The van der Waals surface area contributed by atoms with E-state index in [9.17, 15) is 13.2 Å². The van der Waals surface area contributed by atoms with Gasteiger partial charge in [-0.3, -0.25) is 14.4 Å². The van der Waals surface area contributed by atoms with Crippen molar-refractivity contribution < 1.29 is 13.2 Å². The number of hydrogen-bond acceptors (Lipinski definition) is 5. The number of likely N-dealkylation sites (tertiary alicyclic amines) is 1. The fourth-order valence-electron chi connectivity index (χ4n) is 3.84. The van der Waals surface area contributed by atoms with Crippen molar-refractivity contribution in [1.29, 1.82) is 0 Å². The van der Waals surface area contributed by atoms with Crippen LogP contribution in [0.15, 0.2) is 70.3 Å². The number of nitrogens with zero attached hydrogens (tertiary/aromatic N) is 1. The van der Waals surface area contributed by atoms with Crippen molar-refractivity contribution in [2.45, 2.75) is 23.1 Å². The van der Waals surface area contributed by atoms with Crippen LogP contribution in [0.5, 0.6) is 0 Å². The van der Waals surface area contributed by atoms with Crippen LogP contribution in [0, 0.1) is 0 Å². The standard InChI is InChI=1S/C23H24ClN3O3S2/c24-20-7-2-1-6-19(20)21(27-13-3-4-14-27)16-25-23(28)17-9-11-18(12-10-17)26-32(29,30)22-8-5-15-31-22/h1-2,5-12,15,21,26H,3-4,13-14,16H2,(H,25,28). The molecule has 2 aromatic carbocycles. The molecule has 1 aliphatic rings. The molecular formula is C23H24ClN3O3S2. The Bertz CT molecular complexity index is 1160. The lowest BCUT2D eigenvalue weighted by Crippen LogP contribution is -2.37. The maximum atomic E-state index is 12.8. The molecular weight excluding hydrogens is 466 g/mol. The Morgan fingerprint density at radius 2 is 1.75 bits per heavy atom. The lowest BCUT2D eigenvalue weighted by atomic mass is 10.0. The first-order valence-electron chi connectivity index (χ1n) is 10.4. The summed E-state index contributed by atoms with van der Waals surface area (Å²) in [7, 11) is -3.62.